The van der Waals surface area contributed by atoms with E-state index in [1.54, 1.807) is 23.9 Å². The molecule has 28 heavy (non-hydrogen) atoms. The van der Waals surface area contributed by atoms with Crippen LogP contribution in [-0.2, 0) is 20.6 Å². The molecule has 0 radical (unpaired) electrons. The molecule has 0 saturated heterocycles. The van der Waals surface area contributed by atoms with Crippen LogP contribution < -0.4 is 9.62 Å². The lowest BCUT2D eigenvalue weighted by atomic mass is 10.2. The van der Waals surface area contributed by atoms with Crippen molar-refractivity contribution >= 4 is 68.2 Å². The van der Waals surface area contributed by atoms with Crippen LogP contribution in [0.2, 0.25) is 15.1 Å². The van der Waals surface area contributed by atoms with Gasteiger partial charge in [-0.1, -0.05) is 59.1 Å². The lowest BCUT2D eigenvalue weighted by Gasteiger charge is -2.23. The molecule has 2 aromatic carbocycles. The Hall–Kier alpha value is -1.12. The van der Waals surface area contributed by atoms with Gasteiger partial charge in [0.25, 0.3) is 0 Å². The molecule has 0 heterocycles. The molecule has 2 rings (SSSR count). The Labute approximate surface area is 184 Å². The third kappa shape index (κ3) is 6.74. The molecule has 0 spiro atoms. The number of carbonyl (C=O) groups is 1. The molecule has 0 saturated carbocycles. The quantitative estimate of drug-likeness (QED) is 0.537. The molecule has 1 amide bonds. The third-order valence-electron chi connectivity index (χ3n) is 3.67. The summed E-state index contributed by atoms with van der Waals surface area (Å²) in [6.07, 6.45) is 1.01. The number of nitrogens with one attached hydrogen (secondary N) is 1. The summed E-state index contributed by atoms with van der Waals surface area (Å²) in [5.41, 5.74) is 1.19. The van der Waals surface area contributed by atoms with Crippen molar-refractivity contribution in [3.05, 3.63) is 63.1 Å². The average molecular weight is 482 g/mol. The summed E-state index contributed by atoms with van der Waals surface area (Å²) in [5.74, 6) is 0.955. The van der Waals surface area contributed by atoms with Crippen LogP contribution in [0, 0.1) is 0 Å². The smallest absolute Gasteiger partial charge is 0.240 e. The Morgan fingerprint density at radius 2 is 1.75 bits per heavy atom. The van der Waals surface area contributed by atoms with Crippen LogP contribution in [0.15, 0.2) is 42.5 Å². The lowest BCUT2D eigenvalue weighted by molar-refractivity contribution is -0.119. The van der Waals surface area contributed by atoms with Crippen molar-refractivity contribution in [2.24, 2.45) is 0 Å². The summed E-state index contributed by atoms with van der Waals surface area (Å²) in [7, 11) is -3.72. The SMILES string of the molecule is CS(=O)(=O)N(CC(=O)NCCSCc1ccccc1Cl)c1cccc(Cl)c1Cl. The largest absolute Gasteiger partial charge is 0.354 e. The van der Waals surface area contributed by atoms with Gasteiger partial charge in [0, 0.05) is 23.1 Å². The van der Waals surface area contributed by atoms with Gasteiger partial charge in [-0.3, -0.25) is 9.10 Å². The highest BCUT2D eigenvalue weighted by Gasteiger charge is 2.23. The van der Waals surface area contributed by atoms with E-state index in [0.717, 1.165) is 21.9 Å². The summed E-state index contributed by atoms with van der Waals surface area (Å²) >= 11 is 19.8. The van der Waals surface area contributed by atoms with E-state index in [9.17, 15) is 13.2 Å². The Bertz CT molecular complexity index is 939. The fourth-order valence-electron chi connectivity index (χ4n) is 2.31. The second-order valence-electron chi connectivity index (χ2n) is 5.84. The molecule has 0 fully saturated rings. The minimum atomic E-state index is -3.72. The maximum absolute atomic E-state index is 12.2. The van der Waals surface area contributed by atoms with Crippen molar-refractivity contribution in [1.29, 1.82) is 0 Å². The number of hydrogen-bond acceptors (Lipinski definition) is 4. The maximum Gasteiger partial charge on any atom is 0.240 e. The molecule has 0 aliphatic heterocycles. The summed E-state index contributed by atoms with van der Waals surface area (Å²) in [6, 6.07) is 12.2. The number of rotatable bonds is 9. The van der Waals surface area contributed by atoms with Crippen LogP contribution in [0.5, 0.6) is 0 Å². The van der Waals surface area contributed by atoms with Gasteiger partial charge >= 0.3 is 0 Å². The Morgan fingerprint density at radius 3 is 2.43 bits per heavy atom. The number of sulfonamides is 1. The van der Waals surface area contributed by atoms with E-state index in [0.29, 0.717) is 17.3 Å². The number of carbonyl (C=O) groups excluding carboxylic acids is 1. The normalized spacial score (nSPS) is 11.3. The fraction of sp³-hybridized carbons (Fsp3) is 0.278. The predicted molar refractivity (Wildman–Crippen MR) is 119 cm³/mol. The number of amides is 1. The molecular formula is C18H19Cl3N2O3S2. The first kappa shape index (κ1) is 23.2. The Kier molecular flexibility index (Phi) is 8.77. The van der Waals surface area contributed by atoms with Gasteiger partial charge in [-0.25, -0.2) is 8.42 Å². The zero-order valence-electron chi connectivity index (χ0n) is 15.0. The number of anilines is 1. The lowest BCUT2D eigenvalue weighted by Crippen LogP contribution is -2.41. The zero-order valence-corrected chi connectivity index (χ0v) is 18.9. The monoisotopic (exact) mass is 480 g/mol. The second-order valence-corrected chi connectivity index (χ2v) is 10.0. The van der Waals surface area contributed by atoms with Gasteiger partial charge in [0.1, 0.15) is 6.54 Å². The minimum absolute atomic E-state index is 0.0812. The van der Waals surface area contributed by atoms with Crippen LogP contribution in [-0.4, -0.2) is 39.4 Å². The van der Waals surface area contributed by atoms with Crippen molar-refractivity contribution in [3.8, 4) is 0 Å². The predicted octanol–water partition coefficient (Wildman–Crippen LogP) is 4.46. The van der Waals surface area contributed by atoms with E-state index in [-0.39, 0.29) is 22.3 Å². The fourth-order valence-corrected chi connectivity index (χ4v) is 4.77. The van der Waals surface area contributed by atoms with Gasteiger partial charge in [-0.2, -0.15) is 11.8 Å². The molecule has 10 heteroatoms. The highest BCUT2D eigenvalue weighted by Crippen LogP contribution is 2.33. The first-order valence-corrected chi connectivity index (χ1v) is 12.3. The molecule has 0 atom stereocenters. The molecule has 2 aromatic rings. The summed E-state index contributed by atoms with van der Waals surface area (Å²) in [5, 5.41) is 3.72. The highest BCUT2D eigenvalue weighted by atomic mass is 35.5. The van der Waals surface area contributed by atoms with E-state index in [4.69, 9.17) is 34.8 Å². The van der Waals surface area contributed by atoms with Gasteiger partial charge < -0.3 is 5.32 Å². The summed E-state index contributed by atoms with van der Waals surface area (Å²) in [6.45, 7) is 0.0168. The van der Waals surface area contributed by atoms with Gasteiger partial charge in [0.15, 0.2) is 0 Å². The molecular weight excluding hydrogens is 463 g/mol. The van der Waals surface area contributed by atoms with Crippen molar-refractivity contribution in [2.45, 2.75) is 5.75 Å². The Balaban J connectivity index is 1.89. The summed E-state index contributed by atoms with van der Waals surface area (Å²) < 4.78 is 25.2. The first-order valence-electron chi connectivity index (χ1n) is 8.19. The van der Waals surface area contributed by atoms with E-state index >= 15 is 0 Å². The third-order valence-corrected chi connectivity index (χ3v) is 6.98. The molecule has 0 aliphatic carbocycles. The van der Waals surface area contributed by atoms with E-state index in [1.165, 1.54) is 6.07 Å². The standard InChI is InChI=1S/C18H19Cl3N2O3S2/c1-28(25,26)23(16-8-4-7-15(20)18(16)21)11-17(24)22-9-10-27-12-13-5-2-3-6-14(13)19/h2-8H,9-12H2,1H3,(H,22,24). The molecule has 152 valence electrons. The topological polar surface area (TPSA) is 66.5 Å². The maximum atomic E-state index is 12.2. The van der Waals surface area contributed by atoms with Crippen molar-refractivity contribution in [2.75, 3.05) is 29.4 Å². The van der Waals surface area contributed by atoms with Crippen LogP contribution in [0.1, 0.15) is 5.56 Å². The van der Waals surface area contributed by atoms with Gasteiger partial charge in [-0.05, 0) is 23.8 Å². The average Bonchev–Trinajstić information content (AvgIpc) is 2.62. The number of halogens is 3. The van der Waals surface area contributed by atoms with E-state index < -0.39 is 15.9 Å². The zero-order chi connectivity index (χ0) is 20.7. The van der Waals surface area contributed by atoms with Crippen LogP contribution in [0.4, 0.5) is 5.69 Å². The second kappa shape index (κ2) is 10.6. The van der Waals surface area contributed by atoms with Crippen molar-refractivity contribution in [3.63, 3.8) is 0 Å². The van der Waals surface area contributed by atoms with E-state index in [2.05, 4.69) is 5.32 Å². The number of hydrogen-bond donors (Lipinski definition) is 1. The number of benzene rings is 2. The minimum Gasteiger partial charge on any atom is -0.354 e. The van der Waals surface area contributed by atoms with Gasteiger partial charge in [0.05, 0.1) is 22.0 Å². The number of thioether (sulfide) groups is 1. The molecule has 1 N–H and O–H groups in total. The number of nitrogens with zero attached hydrogens (tertiary/aromatic N) is 1. The van der Waals surface area contributed by atoms with Crippen LogP contribution in [0.3, 0.4) is 0 Å². The molecule has 0 bridgehead atoms. The molecule has 0 aromatic heterocycles. The van der Waals surface area contributed by atoms with Crippen LogP contribution >= 0.6 is 46.6 Å². The molecule has 5 nitrogen and oxygen atoms in total. The summed E-state index contributed by atoms with van der Waals surface area (Å²) in [4.78, 5) is 12.2. The van der Waals surface area contributed by atoms with Crippen molar-refractivity contribution < 1.29 is 13.2 Å². The van der Waals surface area contributed by atoms with Gasteiger partial charge in [-0.15, -0.1) is 0 Å². The first-order chi connectivity index (χ1) is 13.2. The Morgan fingerprint density at radius 1 is 1.07 bits per heavy atom. The van der Waals surface area contributed by atoms with E-state index in [1.807, 2.05) is 24.3 Å². The van der Waals surface area contributed by atoms with Crippen molar-refractivity contribution in [1.82, 2.24) is 5.32 Å². The van der Waals surface area contributed by atoms with Gasteiger partial charge in [0.2, 0.25) is 15.9 Å². The molecule has 0 unspecified atom stereocenters. The van der Waals surface area contributed by atoms with Crippen LogP contribution in [0.25, 0.3) is 0 Å². The highest BCUT2D eigenvalue weighted by molar-refractivity contribution is 7.98. The molecule has 0 aliphatic rings.